The van der Waals surface area contributed by atoms with Crippen molar-refractivity contribution in [3.05, 3.63) is 48.0 Å². The third-order valence-electron chi connectivity index (χ3n) is 1.73. The molecule has 3 nitrogen and oxygen atoms in total. The highest BCUT2D eigenvalue weighted by atomic mass is 16.6. The summed E-state index contributed by atoms with van der Waals surface area (Å²) < 4.78 is 0. The van der Waals surface area contributed by atoms with E-state index in [4.69, 9.17) is 10.1 Å². The van der Waals surface area contributed by atoms with Gasteiger partial charge in [0.1, 0.15) is 6.61 Å². The lowest BCUT2D eigenvalue weighted by Gasteiger charge is -1.95. The van der Waals surface area contributed by atoms with E-state index in [1.54, 1.807) is 24.4 Å². The Kier molecular flexibility index (Phi) is 4.68. The van der Waals surface area contributed by atoms with Crippen molar-refractivity contribution in [1.29, 1.82) is 5.26 Å². The minimum absolute atomic E-state index is 0.538. The van der Waals surface area contributed by atoms with Gasteiger partial charge in [-0.1, -0.05) is 23.4 Å². The molecule has 0 aliphatic rings. The molecule has 0 fully saturated rings. The van der Waals surface area contributed by atoms with Crippen molar-refractivity contribution in [1.82, 2.24) is 0 Å². The highest BCUT2D eigenvalue weighted by Crippen LogP contribution is 2.00. The minimum Gasteiger partial charge on any atom is -0.395 e. The van der Waals surface area contributed by atoms with Gasteiger partial charge in [0.25, 0.3) is 0 Å². The Balaban J connectivity index is 2.43. The molecule has 0 aliphatic carbocycles. The van der Waals surface area contributed by atoms with E-state index < -0.39 is 0 Å². The number of hydrogen-bond donors (Lipinski definition) is 0. The Bertz CT molecular complexity index is 374. The van der Waals surface area contributed by atoms with Gasteiger partial charge in [0.2, 0.25) is 0 Å². The minimum atomic E-state index is 0.538. The molecule has 3 heteroatoms. The van der Waals surface area contributed by atoms with Crippen molar-refractivity contribution in [2.75, 3.05) is 6.61 Å². The zero-order chi connectivity index (χ0) is 10.9. The summed E-state index contributed by atoms with van der Waals surface area (Å²) in [6.07, 6.45) is 4.17. The van der Waals surface area contributed by atoms with Gasteiger partial charge in [-0.25, -0.2) is 0 Å². The molecule has 1 rings (SSSR count). The summed E-state index contributed by atoms with van der Waals surface area (Å²) >= 11 is 0. The van der Waals surface area contributed by atoms with Crippen LogP contribution in [0.5, 0.6) is 0 Å². The zero-order valence-corrected chi connectivity index (χ0v) is 8.39. The normalized spacial score (nSPS) is 9.80. The van der Waals surface area contributed by atoms with Gasteiger partial charge in [-0.3, -0.25) is 0 Å². The molecule has 0 bridgehead atoms. The van der Waals surface area contributed by atoms with E-state index in [9.17, 15) is 0 Å². The van der Waals surface area contributed by atoms with E-state index in [1.165, 1.54) is 0 Å². The molecule has 0 spiro atoms. The fraction of sp³-hybridized carbons (Fsp3) is 0.167. The van der Waals surface area contributed by atoms with Gasteiger partial charge in [-0.2, -0.15) is 5.26 Å². The van der Waals surface area contributed by atoms with E-state index >= 15 is 0 Å². The summed E-state index contributed by atoms with van der Waals surface area (Å²) in [6.45, 7) is 4.11. The molecular weight excluding hydrogens is 188 g/mol. The lowest BCUT2D eigenvalue weighted by molar-refractivity contribution is 0.151. The molecule has 1 aromatic carbocycles. The SMILES string of the molecule is C=CCCON=Cc1ccc(C#N)cc1. The van der Waals surface area contributed by atoms with Gasteiger partial charge in [0, 0.05) is 6.42 Å². The number of hydrogen-bond acceptors (Lipinski definition) is 3. The van der Waals surface area contributed by atoms with Crippen LogP contribution in [0, 0.1) is 11.3 Å². The van der Waals surface area contributed by atoms with Gasteiger partial charge < -0.3 is 4.84 Å². The molecule has 0 saturated heterocycles. The van der Waals surface area contributed by atoms with Gasteiger partial charge in [-0.15, -0.1) is 6.58 Å². The zero-order valence-electron chi connectivity index (χ0n) is 8.39. The second-order valence-corrected chi connectivity index (χ2v) is 2.88. The second kappa shape index (κ2) is 6.39. The Morgan fingerprint density at radius 2 is 2.13 bits per heavy atom. The molecule has 0 aliphatic heterocycles. The van der Waals surface area contributed by atoms with Gasteiger partial charge in [0.15, 0.2) is 0 Å². The Morgan fingerprint density at radius 1 is 1.40 bits per heavy atom. The van der Waals surface area contributed by atoms with Crippen LogP contribution < -0.4 is 0 Å². The molecule has 0 atom stereocenters. The fourth-order valence-electron chi connectivity index (χ4n) is 0.931. The second-order valence-electron chi connectivity index (χ2n) is 2.88. The Morgan fingerprint density at radius 3 is 2.73 bits per heavy atom. The predicted octanol–water partition coefficient (Wildman–Crippen LogP) is 2.48. The summed E-state index contributed by atoms with van der Waals surface area (Å²) in [7, 11) is 0. The van der Waals surface area contributed by atoms with Gasteiger partial charge in [0.05, 0.1) is 17.8 Å². The van der Waals surface area contributed by atoms with E-state index in [0.29, 0.717) is 12.2 Å². The van der Waals surface area contributed by atoms with Crippen molar-refractivity contribution in [3.63, 3.8) is 0 Å². The van der Waals surface area contributed by atoms with Gasteiger partial charge >= 0.3 is 0 Å². The highest BCUT2D eigenvalue weighted by Gasteiger charge is 1.89. The Labute approximate surface area is 89.3 Å². The van der Waals surface area contributed by atoms with Crippen molar-refractivity contribution >= 4 is 6.21 Å². The number of oxime groups is 1. The third-order valence-corrected chi connectivity index (χ3v) is 1.73. The van der Waals surface area contributed by atoms with Crippen LogP contribution in [0.1, 0.15) is 17.5 Å². The monoisotopic (exact) mass is 200 g/mol. The fourth-order valence-corrected chi connectivity index (χ4v) is 0.931. The van der Waals surface area contributed by atoms with Crippen molar-refractivity contribution in [3.8, 4) is 6.07 Å². The van der Waals surface area contributed by atoms with Crippen LogP contribution in [-0.2, 0) is 4.84 Å². The summed E-state index contributed by atoms with van der Waals surface area (Å²) in [4.78, 5) is 4.97. The average Bonchev–Trinajstić information content (AvgIpc) is 2.30. The van der Waals surface area contributed by atoms with Crippen LogP contribution in [0.25, 0.3) is 0 Å². The average molecular weight is 200 g/mol. The molecule has 0 radical (unpaired) electrons. The molecular formula is C12H12N2O. The van der Waals surface area contributed by atoms with Crippen LogP contribution >= 0.6 is 0 Å². The largest absolute Gasteiger partial charge is 0.395 e. The highest BCUT2D eigenvalue weighted by molar-refractivity contribution is 5.79. The number of nitrogens with zero attached hydrogens (tertiary/aromatic N) is 2. The first-order chi connectivity index (χ1) is 7.36. The molecule has 1 aromatic rings. The molecule has 0 amide bonds. The van der Waals surface area contributed by atoms with Crippen LogP contribution in [0.15, 0.2) is 42.1 Å². The summed E-state index contributed by atoms with van der Waals surface area (Å²) in [5.74, 6) is 0. The number of nitriles is 1. The number of benzene rings is 1. The maximum atomic E-state index is 8.58. The van der Waals surface area contributed by atoms with Gasteiger partial charge in [-0.05, 0) is 17.7 Å². The quantitative estimate of drug-likeness (QED) is 0.317. The molecule has 0 N–H and O–H groups in total. The molecule has 0 aromatic heterocycles. The Hall–Kier alpha value is -2.08. The van der Waals surface area contributed by atoms with E-state index in [0.717, 1.165) is 12.0 Å². The van der Waals surface area contributed by atoms with E-state index in [1.807, 2.05) is 12.1 Å². The van der Waals surface area contributed by atoms with Crippen LogP contribution in [0.2, 0.25) is 0 Å². The van der Waals surface area contributed by atoms with Crippen LogP contribution in [0.4, 0.5) is 0 Å². The third kappa shape index (κ3) is 4.10. The van der Waals surface area contributed by atoms with Crippen molar-refractivity contribution < 1.29 is 4.84 Å². The topological polar surface area (TPSA) is 45.4 Å². The summed E-state index contributed by atoms with van der Waals surface area (Å²) in [6, 6.07) is 9.17. The van der Waals surface area contributed by atoms with Crippen molar-refractivity contribution in [2.24, 2.45) is 5.16 Å². The van der Waals surface area contributed by atoms with E-state index in [2.05, 4.69) is 17.8 Å². The smallest absolute Gasteiger partial charge is 0.120 e. The molecule has 0 unspecified atom stereocenters. The molecule has 0 heterocycles. The van der Waals surface area contributed by atoms with Crippen LogP contribution in [-0.4, -0.2) is 12.8 Å². The first-order valence-electron chi connectivity index (χ1n) is 4.63. The van der Waals surface area contributed by atoms with E-state index in [-0.39, 0.29) is 0 Å². The van der Waals surface area contributed by atoms with Crippen molar-refractivity contribution in [2.45, 2.75) is 6.42 Å². The molecule has 0 saturated carbocycles. The van der Waals surface area contributed by atoms with Crippen LogP contribution in [0.3, 0.4) is 0 Å². The molecule has 76 valence electrons. The first kappa shape index (κ1) is 11.0. The lowest BCUT2D eigenvalue weighted by Crippen LogP contribution is -1.87. The summed E-state index contributed by atoms with van der Waals surface area (Å²) in [5, 5.41) is 12.4. The maximum absolute atomic E-state index is 8.58. The lowest BCUT2D eigenvalue weighted by atomic mass is 10.2. The maximum Gasteiger partial charge on any atom is 0.120 e. The number of rotatable bonds is 5. The summed E-state index contributed by atoms with van der Waals surface area (Å²) in [5.41, 5.74) is 1.55. The predicted molar refractivity (Wildman–Crippen MR) is 59.5 cm³/mol. The molecule has 15 heavy (non-hydrogen) atoms. The standard InChI is InChI=1S/C12H12N2O/c1-2-3-8-15-14-10-12-6-4-11(9-13)5-7-12/h2,4-7,10H,1,3,8H2. The first-order valence-corrected chi connectivity index (χ1v) is 4.63.